The van der Waals surface area contributed by atoms with Gasteiger partial charge in [0.05, 0.1) is 22.0 Å². The van der Waals surface area contributed by atoms with E-state index in [4.69, 9.17) is 0 Å². The molecule has 0 saturated heterocycles. The van der Waals surface area contributed by atoms with Crippen molar-refractivity contribution in [2.24, 2.45) is 0 Å². The van der Waals surface area contributed by atoms with E-state index in [9.17, 15) is 26.8 Å². The number of nitrogens with one attached hydrogen (secondary N) is 2. The predicted octanol–water partition coefficient (Wildman–Crippen LogP) is 3.59. The zero-order chi connectivity index (χ0) is 21.2. The zero-order valence-corrected chi connectivity index (χ0v) is 17.0. The second kappa shape index (κ2) is 8.50. The molecule has 1 atom stereocenters. The maximum absolute atomic E-state index is 13.6. The van der Waals surface area contributed by atoms with Crippen molar-refractivity contribution < 1.29 is 26.8 Å². The first-order chi connectivity index (χ1) is 13.6. The van der Waals surface area contributed by atoms with Crippen molar-refractivity contribution in [3.63, 3.8) is 0 Å². The van der Waals surface area contributed by atoms with Crippen LogP contribution in [0.15, 0.2) is 46.2 Å². The number of benzene rings is 2. The summed E-state index contributed by atoms with van der Waals surface area (Å²) in [5, 5.41) is 4.92. The second-order valence-electron chi connectivity index (χ2n) is 6.58. The molecule has 154 valence electrons. The van der Waals surface area contributed by atoms with Gasteiger partial charge in [-0.05, 0) is 30.3 Å². The number of hydrogen-bond donors (Lipinski definition) is 2. The number of amides is 2. The molecule has 29 heavy (non-hydrogen) atoms. The molecular formula is C19H18F2N2O4S2. The average molecular weight is 440 g/mol. The average Bonchev–Trinajstić information content (AvgIpc) is 2.78. The molecule has 3 rings (SSSR count). The molecule has 6 nitrogen and oxygen atoms in total. The second-order valence-corrected chi connectivity index (χ2v) is 10.2. The number of anilines is 2. The SMILES string of the molecule is C[C@@H]1CC(=O)Nc2cc(S(=O)(=O)CCC(=O)Nc3cc(F)ccc3F)ccc2S1. The summed E-state index contributed by atoms with van der Waals surface area (Å²) >= 11 is 1.47. The third kappa shape index (κ3) is 5.33. The Labute approximate surface area is 171 Å². The van der Waals surface area contributed by atoms with Gasteiger partial charge >= 0.3 is 0 Å². The van der Waals surface area contributed by atoms with Crippen molar-refractivity contribution in [1.29, 1.82) is 0 Å². The van der Waals surface area contributed by atoms with E-state index in [1.165, 1.54) is 23.9 Å². The van der Waals surface area contributed by atoms with Gasteiger partial charge in [0.25, 0.3) is 0 Å². The van der Waals surface area contributed by atoms with Crippen LogP contribution in [0.5, 0.6) is 0 Å². The number of carbonyl (C=O) groups excluding carboxylic acids is 2. The van der Waals surface area contributed by atoms with Crippen LogP contribution >= 0.6 is 11.8 Å². The van der Waals surface area contributed by atoms with Gasteiger partial charge in [-0.2, -0.15) is 0 Å². The first-order valence-corrected chi connectivity index (χ1v) is 11.3. The largest absolute Gasteiger partial charge is 0.325 e. The highest BCUT2D eigenvalue weighted by Gasteiger charge is 2.23. The highest BCUT2D eigenvalue weighted by atomic mass is 32.2. The Hall–Kier alpha value is -2.46. The Balaban J connectivity index is 1.70. The maximum atomic E-state index is 13.6. The molecule has 0 spiro atoms. The van der Waals surface area contributed by atoms with Crippen LogP contribution in [0.2, 0.25) is 0 Å². The molecule has 0 unspecified atom stereocenters. The summed E-state index contributed by atoms with van der Waals surface area (Å²) in [7, 11) is -3.83. The Morgan fingerprint density at radius 2 is 2.00 bits per heavy atom. The van der Waals surface area contributed by atoms with E-state index in [2.05, 4.69) is 10.6 Å². The molecule has 1 heterocycles. The summed E-state index contributed by atoms with van der Waals surface area (Å²) < 4.78 is 51.9. The molecule has 10 heteroatoms. The molecular weight excluding hydrogens is 422 g/mol. The van der Waals surface area contributed by atoms with Gasteiger partial charge in [-0.3, -0.25) is 9.59 Å². The summed E-state index contributed by atoms with van der Waals surface area (Å²) in [6.07, 6.45) is -0.119. The predicted molar refractivity (Wildman–Crippen MR) is 107 cm³/mol. The Morgan fingerprint density at radius 3 is 2.76 bits per heavy atom. The van der Waals surface area contributed by atoms with Crippen molar-refractivity contribution in [3.05, 3.63) is 48.0 Å². The minimum atomic E-state index is -3.83. The van der Waals surface area contributed by atoms with Crippen LogP contribution in [-0.4, -0.2) is 31.2 Å². The lowest BCUT2D eigenvalue weighted by Gasteiger charge is -2.11. The fourth-order valence-electron chi connectivity index (χ4n) is 2.77. The molecule has 2 amide bonds. The summed E-state index contributed by atoms with van der Waals surface area (Å²) in [6.45, 7) is 1.91. The highest BCUT2D eigenvalue weighted by Crippen LogP contribution is 2.36. The number of thioether (sulfide) groups is 1. The lowest BCUT2D eigenvalue weighted by molar-refractivity contribution is -0.116. The normalized spacial score (nSPS) is 16.5. The zero-order valence-electron chi connectivity index (χ0n) is 15.4. The van der Waals surface area contributed by atoms with Gasteiger partial charge in [0.15, 0.2) is 9.84 Å². The monoisotopic (exact) mass is 440 g/mol. The molecule has 0 saturated carbocycles. The number of halogens is 2. The minimum Gasteiger partial charge on any atom is -0.325 e. The fourth-order valence-corrected chi connectivity index (χ4v) is 5.09. The van der Waals surface area contributed by atoms with Crippen LogP contribution < -0.4 is 10.6 Å². The van der Waals surface area contributed by atoms with Crippen molar-refractivity contribution >= 4 is 44.8 Å². The van der Waals surface area contributed by atoms with Gasteiger partial charge < -0.3 is 10.6 Å². The van der Waals surface area contributed by atoms with E-state index in [0.717, 1.165) is 23.1 Å². The summed E-state index contributed by atoms with van der Waals surface area (Å²) in [5.41, 5.74) is 0.0583. The Bertz CT molecular complexity index is 1070. The summed E-state index contributed by atoms with van der Waals surface area (Å²) in [4.78, 5) is 24.6. The van der Waals surface area contributed by atoms with E-state index in [0.29, 0.717) is 12.1 Å². The van der Waals surface area contributed by atoms with Gasteiger partial charge in [0, 0.05) is 29.1 Å². The molecule has 2 aromatic rings. The summed E-state index contributed by atoms with van der Waals surface area (Å²) in [6, 6.07) is 7.01. The Kier molecular flexibility index (Phi) is 6.23. The van der Waals surface area contributed by atoms with Crippen LogP contribution in [0.25, 0.3) is 0 Å². The van der Waals surface area contributed by atoms with Crippen molar-refractivity contribution in [2.45, 2.75) is 34.8 Å². The van der Waals surface area contributed by atoms with E-state index in [-0.39, 0.29) is 21.7 Å². The highest BCUT2D eigenvalue weighted by molar-refractivity contribution is 8.00. The number of carbonyl (C=O) groups is 2. The van der Waals surface area contributed by atoms with E-state index in [1.807, 2.05) is 6.92 Å². The first kappa shape index (κ1) is 21.3. The fraction of sp³-hybridized carbons (Fsp3) is 0.263. The maximum Gasteiger partial charge on any atom is 0.225 e. The number of hydrogen-bond acceptors (Lipinski definition) is 5. The van der Waals surface area contributed by atoms with Crippen LogP contribution in [0.4, 0.5) is 20.2 Å². The minimum absolute atomic E-state index is 0.0311. The quantitative estimate of drug-likeness (QED) is 0.741. The Morgan fingerprint density at radius 1 is 1.24 bits per heavy atom. The van der Waals surface area contributed by atoms with Crippen LogP contribution in [0.3, 0.4) is 0 Å². The summed E-state index contributed by atoms with van der Waals surface area (Å²) in [5.74, 6) is -3.03. The third-order valence-corrected chi connectivity index (χ3v) is 7.08. The first-order valence-electron chi connectivity index (χ1n) is 8.72. The molecule has 0 aromatic heterocycles. The van der Waals surface area contributed by atoms with Gasteiger partial charge in [0.1, 0.15) is 11.6 Å². The van der Waals surface area contributed by atoms with Crippen LogP contribution in [0, 0.1) is 11.6 Å². The molecule has 1 aliphatic rings. The third-order valence-electron chi connectivity index (χ3n) is 4.19. The van der Waals surface area contributed by atoms with E-state index in [1.54, 1.807) is 6.07 Å². The molecule has 2 N–H and O–H groups in total. The van der Waals surface area contributed by atoms with Gasteiger partial charge in [-0.15, -0.1) is 11.8 Å². The number of sulfone groups is 1. The van der Waals surface area contributed by atoms with Gasteiger partial charge in [-0.1, -0.05) is 6.92 Å². The van der Waals surface area contributed by atoms with Gasteiger partial charge in [0.2, 0.25) is 11.8 Å². The van der Waals surface area contributed by atoms with Gasteiger partial charge in [-0.25, -0.2) is 17.2 Å². The molecule has 0 bridgehead atoms. The molecule has 1 aliphatic heterocycles. The van der Waals surface area contributed by atoms with E-state index < -0.39 is 39.6 Å². The lowest BCUT2D eigenvalue weighted by Crippen LogP contribution is -2.18. The lowest BCUT2D eigenvalue weighted by atomic mass is 10.3. The number of rotatable bonds is 5. The standard InChI is InChI=1S/C19H18F2N2O4S2/c1-11-8-19(25)23-16-10-13(3-5-17(16)28-11)29(26,27)7-6-18(24)22-15-9-12(20)2-4-14(15)21/h2-5,9-11H,6-8H2,1H3,(H,22,24)(H,23,25)/t11-/m1/s1. The molecule has 0 aliphatic carbocycles. The molecule has 2 aromatic carbocycles. The topological polar surface area (TPSA) is 92.3 Å². The van der Waals surface area contributed by atoms with Crippen molar-refractivity contribution in [1.82, 2.24) is 0 Å². The van der Waals surface area contributed by atoms with Crippen molar-refractivity contribution in [2.75, 3.05) is 16.4 Å². The smallest absolute Gasteiger partial charge is 0.225 e. The van der Waals surface area contributed by atoms with E-state index >= 15 is 0 Å². The molecule has 0 fully saturated rings. The molecule has 0 radical (unpaired) electrons. The van der Waals surface area contributed by atoms with Crippen LogP contribution in [-0.2, 0) is 19.4 Å². The van der Waals surface area contributed by atoms with Crippen molar-refractivity contribution in [3.8, 4) is 0 Å². The number of fused-ring (bicyclic) bond motifs is 1. The van der Waals surface area contributed by atoms with Crippen LogP contribution in [0.1, 0.15) is 19.8 Å².